The second-order valence-corrected chi connectivity index (χ2v) is 8.24. The fourth-order valence-electron chi connectivity index (χ4n) is 4.58. The lowest BCUT2D eigenvalue weighted by Gasteiger charge is -2.39. The average molecular weight is 426 g/mol. The molecular weight excluding hydrogens is 406 g/mol. The zero-order chi connectivity index (χ0) is 18.5. The number of rotatable bonds is 2. The Morgan fingerprint density at radius 3 is 3.00 bits per heavy atom. The molecule has 2 aromatic rings. The van der Waals surface area contributed by atoms with Gasteiger partial charge in [-0.1, -0.05) is 28.1 Å². The highest BCUT2D eigenvalue weighted by Gasteiger charge is 2.40. The number of fused-ring (bicyclic) bond motifs is 4. The van der Waals surface area contributed by atoms with E-state index < -0.39 is 0 Å². The summed E-state index contributed by atoms with van der Waals surface area (Å²) < 4.78 is 12.4. The van der Waals surface area contributed by atoms with Crippen LogP contribution < -0.4 is 10.1 Å². The standard InChI is InChI=1S/C22H20BrNO3/c1-12(25)13-5-7-19-16(9-13)14-3-2-4-15(14)22(24-19)21-17-10-26-11-27-20(17)8-6-18(21)23/h2-3,5-9,14-15,22,24H,4,10-11H2,1H3/t14-,15+,22-/m1/s1. The van der Waals surface area contributed by atoms with Crippen LogP contribution in [0.4, 0.5) is 5.69 Å². The summed E-state index contributed by atoms with van der Waals surface area (Å²) in [7, 11) is 0. The molecule has 2 heterocycles. The largest absolute Gasteiger partial charge is 0.467 e. The van der Waals surface area contributed by atoms with E-state index >= 15 is 0 Å². The summed E-state index contributed by atoms with van der Waals surface area (Å²) in [6, 6.07) is 10.2. The van der Waals surface area contributed by atoms with Crippen molar-refractivity contribution >= 4 is 27.4 Å². The summed E-state index contributed by atoms with van der Waals surface area (Å²) in [6.45, 7) is 2.48. The number of carbonyl (C=O) groups is 1. The van der Waals surface area contributed by atoms with Crippen LogP contribution >= 0.6 is 15.9 Å². The average Bonchev–Trinajstić information content (AvgIpc) is 3.17. The van der Waals surface area contributed by atoms with Crippen LogP contribution in [0.15, 0.2) is 47.0 Å². The first kappa shape index (κ1) is 17.0. The predicted molar refractivity (Wildman–Crippen MR) is 107 cm³/mol. The minimum Gasteiger partial charge on any atom is -0.467 e. The number of Topliss-reactive ketones (excluding diaryl/α,β-unsaturated/α-hetero) is 1. The Morgan fingerprint density at radius 2 is 2.15 bits per heavy atom. The smallest absolute Gasteiger partial charge is 0.189 e. The van der Waals surface area contributed by atoms with Crippen LogP contribution in [0.2, 0.25) is 0 Å². The number of nitrogens with one attached hydrogen (secondary N) is 1. The molecule has 4 nitrogen and oxygen atoms in total. The van der Waals surface area contributed by atoms with Crippen molar-refractivity contribution in [1.29, 1.82) is 0 Å². The van der Waals surface area contributed by atoms with Crippen molar-refractivity contribution < 1.29 is 14.3 Å². The minimum absolute atomic E-state index is 0.104. The van der Waals surface area contributed by atoms with Crippen molar-refractivity contribution in [2.24, 2.45) is 5.92 Å². The maximum absolute atomic E-state index is 11.8. The third-order valence-corrected chi connectivity index (χ3v) is 6.58. The fourth-order valence-corrected chi connectivity index (χ4v) is 5.20. The Bertz CT molecular complexity index is 968. The molecule has 0 aromatic heterocycles. The van der Waals surface area contributed by atoms with Crippen LogP contribution in [0.3, 0.4) is 0 Å². The van der Waals surface area contributed by atoms with E-state index in [0.717, 1.165) is 33.5 Å². The van der Waals surface area contributed by atoms with E-state index in [4.69, 9.17) is 9.47 Å². The maximum Gasteiger partial charge on any atom is 0.189 e. The van der Waals surface area contributed by atoms with Gasteiger partial charge in [0.2, 0.25) is 0 Å². The third kappa shape index (κ3) is 2.72. The van der Waals surface area contributed by atoms with Gasteiger partial charge in [0.15, 0.2) is 12.6 Å². The molecular formula is C22H20BrNO3. The van der Waals surface area contributed by atoms with E-state index in [1.807, 2.05) is 18.2 Å². The Labute approximate surface area is 166 Å². The summed E-state index contributed by atoms with van der Waals surface area (Å²) in [4.78, 5) is 11.8. The lowest BCUT2D eigenvalue weighted by Crippen LogP contribution is -2.31. The fraction of sp³-hybridized carbons (Fsp3) is 0.318. The van der Waals surface area contributed by atoms with Crippen molar-refractivity contribution in [3.8, 4) is 5.75 Å². The maximum atomic E-state index is 11.8. The molecule has 3 aliphatic rings. The second kappa shape index (κ2) is 6.50. The minimum atomic E-state index is 0.104. The number of benzene rings is 2. The van der Waals surface area contributed by atoms with Gasteiger partial charge in [-0.3, -0.25) is 4.79 Å². The lowest BCUT2D eigenvalue weighted by atomic mass is 9.75. The van der Waals surface area contributed by atoms with E-state index in [-0.39, 0.29) is 11.8 Å². The molecule has 138 valence electrons. The summed E-state index contributed by atoms with van der Waals surface area (Å²) in [6.07, 6.45) is 5.55. The van der Waals surface area contributed by atoms with E-state index in [1.165, 1.54) is 11.1 Å². The highest BCUT2D eigenvalue weighted by Crippen LogP contribution is 2.52. The van der Waals surface area contributed by atoms with E-state index in [9.17, 15) is 4.79 Å². The van der Waals surface area contributed by atoms with Gasteiger partial charge in [-0.2, -0.15) is 0 Å². The summed E-state index contributed by atoms with van der Waals surface area (Å²) in [5, 5.41) is 3.75. The van der Waals surface area contributed by atoms with Crippen LogP contribution in [0, 0.1) is 5.92 Å². The molecule has 0 unspecified atom stereocenters. The van der Waals surface area contributed by atoms with Crippen LogP contribution in [0.25, 0.3) is 0 Å². The number of hydrogen-bond acceptors (Lipinski definition) is 4. The molecule has 2 aliphatic heterocycles. The van der Waals surface area contributed by atoms with Gasteiger partial charge < -0.3 is 14.8 Å². The zero-order valence-electron chi connectivity index (χ0n) is 15.0. The van der Waals surface area contributed by atoms with Crippen molar-refractivity contribution in [2.45, 2.75) is 31.9 Å². The number of allylic oxidation sites excluding steroid dienone is 2. The Morgan fingerprint density at radius 1 is 1.26 bits per heavy atom. The molecule has 0 bridgehead atoms. The summed E-state index contributed by atoms with van der Waals surface area (Å²) >= 11 is 3.76. The third-order valence-electron chi connectivity index (χ3n) is 5.89. The number of carbonyl (C=O) groups excluding carboxylic acids is 1. The van der Waals surface area contributed by atoms with Crippen LogP contribution in [-0.2, 0) is 11.3 Å². The number of anilines is 1. The predicted octanol–water partition coefficient (Wildman–Crippen LogP) is 5.34. The monoisotopic (exact) mass is 425 g/mol. The first-order chi connectivity index (χ1) is 13.1. The van der Waals surface area contributed by atoms with Crippen molar-refractivity contribution in [1.82, 2.24) is 0 Å². The molecule has 5 heteroatoms. The molecule has 2 aromatic carbocycles. The Balaban J connectivity index is 1.63. The van der Waals surface area contributed by atoms with E-state index in [0.29, 0.717) is 25.2 Å². The van der Waals surface area contributed by atoms with Crippen molar-refractivity contribution in [3.05, 3.63) is 69.2 Å². The van der Waals surface area contributed by atoms with Gasteiger partial charge in [0.1, 0.15) is 5.75 Å². The van der Waals surface area contributed by atoms with Gasteiger partial charge >= 0.3 is 0 Å². The molecule has 5 rings (SSSR count). The summed E-state index contributed by atoms with van der Waals surface area (Å²) in [5.74, 6) is 1.71. The first-order valence-electron chi connectivity index (χ1n) is 9.23. The van der Waals surface area contributed by atoms with Gasteiger partial charge in [0, 0.05) is 27.2 Å². The second-order valence-electron chi connectivity index (χ2n) is 7.38. The number of ketones is 1. The van der Waals surface area contributed by atoms with E-state index in [1.54, 1.807) is 6.92 Å². The molecule has 0 spiro atoms. The van der Waals surface area contributed by atoms with Gasteiger partial charge in [0.05, 0.1) is 12.6 Å². The van der Waals surface area contributed by atoms with Gasteiger partial charge in [-0.05, 0) is 60.7 Å². The SMILES string of the molecule is CC(=O)c1ccc2c(c1)[C@@H]1C=CC[C@@H]1[C@H](c1c(Br)ccc3c1COCO3)N2. The number of hydrogen-bond donors (Lipinski definition) is 1. The van der Waals surface area contributed by atoms with Crippen LogP contribution in [-0.4, -0.2) is 12.6 Å². The Hall–Kier alpha value is -2.11. The molecule has 3 atom stereocenters. The van der Waals surface area contributed by atoms with Gasteiger partial charge in [0.25, 0.3) is 0 Å². The van der Waals surface area contributed by atoms with Crippen LogP contribution in [0.5, 0.6) is 5.75 Å². The van der Waals surface area contributed by atoms with Gasteiger partial charge in [-0.15, -0.1) is 0 Å². The van der Waals surface area contributed by atoms with E-state index in [2.05, 4.69) is 45.5 Å². The topological polar surface area (TPSA) is 47.6 Å². The van der Waals surface area contributed by atoms with Crippen molar-refractivity contribution in [3.63, 3.8) is 0 Å². The first-order valence-corrected chi connectivity index (χ1v) is 10.0. The lowest BCUT2D eigenvalue weighted by molar-refractivity contribution is -0.0171. The zero-order valence-corrected chi connectivity index (χ0v) is 16.6. The quantitative estimate of drug-likeness (QED) is 0.520. The highest BCUT2D eigenvalue weighted by atomic mass is 79.9. The molecule has 1 N–H and O–H groups in total. The van der Waals surface area contributed by atoms with Crippen LogP contribution in [0.1, 0.15) is 52.4 Å². The molecule has 1 aliphatic carbocycles. The summed E-state index contributed by atoms with van der Waals surface area (Å²) in [5.41, 5.74) is 5.41. The molecule has 0 amide bonds. The highest BCUT2D eigenvalue weighted by molar-refractivity contribution is 9.10. The Kier molecular flexibility index (Phi) is 4.10. The number of ether oxygens (including phenoxy) is 2. The molecule has 0 radical (unpaired) electrons. The molecule has 0 fully saturated rings. The normalized spacial score (nSPS) is 25.0. The van der Waals surface area contributed by atoms with Crippen molar-refractivity contribution in [2.75, 3.05) is 12.1 Å². The molecule has 0 saturated carbocycles. The molecule has 27 heavy (non-hydrogen) atoms. The number of halogens is 1. The molecule has 0 saturated heterocycles. The van der Waals surface area contributed by atoms with Gasteiger partial charge in [-0.25, -0.2) is 0 Å².